The van der Waals surface area contributed by atoms with Crippen LogP contribution in [0.15, 0.2) is 73.3 Å². The smallest absolute Gasteiger partial charge is 0.237 e. The number of para-hydroxylation sites is 1. The van der Waals surface area contributed by atoms with Crippen LogP contribution < -0.4 is 25.8 Å². The Bertz CT molecular complexity index is 1770. The van der Waals surface area contributed by atoms with Crippen molar-refractivity contribution in [1.29, 1.82) is 0 Å². The van der Waals surface area contributed by atoms with Gasteiger partial charge in [0, 0.05) is 35.8 Å². The number of carbonyl (C=O) groups excluding carboxylic acids is 2. The molecule has 5 aromatic rings. The Morgan fingerprint density at radius 3 is 2.71 bits per heavy atom. The van der Waals surface area contributed by atoms with Crippen molar-refractivity contribution in [3.05, 3.63) is 84.7 Å². The Balaban J connectivity index is 1.25. The molecule has 13 heteroatoms. The minimum atomic E-state index is -0.634. The van der Waals surface area contributed by atoms with Crippen LogP contribution >= 0.6 is 23.6 Å². The maximum absolute atomic E-state index is 15.0. The van der Waals surface area contributed by atoms with Gasteiger partial charge in [-0.25, -0.2) is 9.37 Å². The molecule has 0 bridgehead atoms. The first-order chi connectivity index (χ1) is 19.8. The number of benzene rings is 2. The third-order valence-corrected chi connectivity index (χ3v) is 7.17. The van der Waals surface area contributed by atoms with Crippen LogP contribution in [0.2, 0.25) is 0 Å². The van der Waals surface area contributed by atoms with Crippen LogP contribution in [0.4, 0.5) is 10.1 Å². The summed E-state index contributed by atoms with van der Waals surface area (Å²) < 4.78 is 28.5. The maximum atomic E-state index is 15.0. The Hall–Kier alpha value is -4.88. The second kappa shape index (κ2) is 12.1. The minimum Gasteiger partial charge on any atom is -0.496 e. The molecule has 41 heavy (non-hydrogen) atoms. The van der Waals surface area contributed by atoms with Gasteiger partial charge in [0.15, 0.2) is 16.7 Å². The lowest BCUT2D eigenvalue weighted by atomic mass is 10.1. The number of ether oxygens (including phenoxy) is 2. The number of hydrogen-bond acceptors (Lipinski definition) is 8. The molecule has 10 nitrogen and oxygen atoms in total. The molecule has 2 amide bonds. The zero-order valence-electron chi connectivity index (χ0n) is 21.6. The number of pyridine rings is 1. The van der Waals surface area contributed by atoms with E-state index in [0.717, 1.165) is 4.88 Å². The summed E-state index contributed by atoms with van der Waals surface area (Å²) in [6.07, 6.45) is 4.87. The van der Waals surface area contributed by atoms with Gasteiger partial charge >= 0.3 is 0 Å². The van der Waals surface area contributed by atoms with Gasteiger partial charge < -0.3 is 30.4 Å². The summed E-state index contributed by atoms with van der Waals surface area (Å²) >= 11 is 6.60. The number of anilines is 1. The topological polar surface area (TPSA) is 133 Å². The van der Waals surface area contributed by atoms with Gasteiger partial charge in [-0.1, -0.05) is 18.2 Å². The molecule has 0 radical (unpaired) electrons. The van der Waals surface area contributed by atoms with E-state index < -0.39 is 11.7 Å². The average molecular weight is 591 g/mol. The molecule has 0 saturated heterocycles. The number of amides is 2. The Labute approximate surface area is 242 Å². The number of carbonyl (C=O) groups is 2. The molecule has 3 heterocycles. The van der Waals surface area contributed by atoms with E-state index in [1.54, 1.807) is 41.2 Å². The number of nitrogens with two attached hydrogens (primary N) is 1. The molecular weight excluding hydrogens is 567 g/mol. The molecule has 0 spiro atoms. The van der Waals surface area contributed by atoms with Crippen LogP contribution in [0.25, 0.3) is 20.8 Å². The van der Waals surface area contributed by atoms with Gasteiger partial charge in [-0.15, -0.1) is 11.3 Å². The highest BCUT2D eigenvalue weighted by Gasteiger charge is 2.15. The lowest BCUT2D eigenvalue weighted by Crippen LogP contribution is -2.35. The summed E-state index contributed by atoms with van der Waals surface area (Å²) in [6, 6.07) is 14.9. The molecule has 4 N–H and O–H groups in total. The number of nitrogens with one attached hydrogen (secondary N) is 2. The standard InChI is InChI=1S/C28H23FN6O4S2/c1-38-21-5-3-2-4-16(21)10-26(37)34-28(40)33-17-6-7-22(18(29)11-17)39-23-8-9-31-19-12-24(41-27(19)23)20-13-35(15-32-20)14-25(30)36/h2-9,11-13,15H,10,14H2,1H3,(H2,30,36)(H2,33,34,37,40). The summed E-state index contributed by atoms with van der Waals surface area (Å²) in [5.41, 5.74) is 7.60. The Morgan fingerprint density at radius 2 is 1.93 bits per heavy atom. The van der Waals surface area contributed by atoms with E-state index in [4.69, 9.17) is 27.4 Å². The molecule has 208 valence electrons. The molecule has 2 aromatic carbocycles. The first-order valence-corrected chi connectivity index (χ1v) is 13.4. The van der Waals surface area contributed by atoms with Crippen LogP contribution in [0.5, 0.6) is 17.2 Å². The van der Waals surface area contributed by atoms with E-state index in [-0.39, 0.29) is 29.7 Å². The summed E-state index contributed by atoms with van der Waals surface area (Å²) in [5.74, 6) is -0.437. The number of hydrogen-bond donors (Lipinski definition) is 3. The highest BCUT2D eigenvalue weighted by Crippen LogP contribution is 2.39. The first kappa shape index (κ1) is 27.7. The van der Waals surface area contributed by atoms with E-state index in [2.05, 4.69) is 20.6 Å². The van der Waals surface area contributed by atoms with Crippen LogP contribution in [0, 0.1) is 5.82 Å². The summed E-state index contributed by atoms with van der Waals surface area (Å²) in [5, 5.41) is 5.42. The van der Waals surface area contributed by atoms with Crippen molar-refractivity contribution in [1.82, 2.24) is 19.9 Å². The van der Waals surface area contributed by atoms with Crippen LogP contribution in [0.3, 0.4) is 0 Å². The summed E-state index contributed by atoms with van der Waals surface area (Å²) in [7, 11) is 1.53. The molecule has 5 rings (SSSR count). The van der Waals surface area contributed by atoms with E-state index in [1.807, 2.05) is 18.2 Å². The van der Waals surface area contributed by atoms with Gasteiger partial charge in [-0.05, 0) is 36.5 Å². The van der Waals surface area contributed by atoms with Crippen molar-refractivity contribution in [3.63, 3.8) is 0 Å². The number of thiocarbonyl (C=S) groups is 1. The number of imidazole rings is 1. The van der Waals surface area contributed by atoms with Crippen molar-refractivity contribution < 1.29 is 23.5 Å². The summed E-state index contributed by atoms with van der Waals surface area (Å²) in [6.45, 7) is 0.0225. The SMILES string of the molecule is COc1ccccc1CC(=O)NC(=S)Nc1ccc(Oc2ccnc3cc(-c4cn(CC(N)=O)cn4)sc23)c(F)c1. The molecule has 0 fully saturated rings. The number of primary amides is 1. The largest absolute Gasteiger partial charge is 0.496 e. The molecule has 0 aliphatic rings. The lowest BCUT2D eigenvalue weighted by molar-refractivity contribution is -0.119. The number of thiophene rings is 1. The van der Waals surface area contributed by atoms with E-state index in [1.165, 1.54) is 36.9 Å². The molecule has 0 aliphatic heterocycles. The predicted molar refractivity (Wildman–Crippen MR) is 158 cm³/mol. The zero-order chi connectivity index (χ0) is 28.9. The first-order valence-electron chi connectivity index (χ1n) is 12.2. The summed E-state index contributed by atoms with van der Waals surface area (Å²) in [4.78, 5) is 33.1. The predicted octanol–water partition coefficient (Wildman–Crippen LogP) is 4.64. The van der Waals surface area contributed by atoms with Crippen molar-refractivity contribution in [2.24, 2.45) is 5.73 Å². The lowest BCUT2D eigenvalue weighted by Gasteiger charge is -2.12. The number of methoxy groups -OCH3 is 1. The quantitative estimate of drug-likeness (QED) is 0.212. The Morgan fingerprint density at radius 1 is 1.10 bits per heavy atom. The highest BCUT2D eigenvalue weighted by atomic mass is 32.1. The fraction of sp³-hybridized carbons (Fsp3) is 0.107. The zero-order valence-corrected chi connectivity index (χ0v) is 23.2. The van der Waals surface area contributed by atoms with Gasteiger partial charge in [0.1, 0.15) is 18.0 Å². The van der Waals surface area contributed by atoms with Crippen molar-refractivity contribution in [3.8, 4) is 27.8 Å². The van der Waals surface area contributed by atoms with E-state index >= 15 is 4.39 Å². The number of nitrogens with zero attached hydrogens (tertiary/aromatic N) is 3. The van der Waals surface area contributed by atoms with Gasteiger partial charge in [-0.3, -0.25) is 14.6 Å². The van der Waals surface area contributed by atoms with Crippen LogP contribution in [-0.2, 0) is 22.6 Å². The molecule has 0 aliphatic carbocycles. The molecule has 0 atom stereocenters. The number of aromatic nitrogens is 3. The second-order valence-electron chi connectivity index (χ2n) is 8.77. The molecular formula is C28H23FN6O4S2. The van der Waals surface area contributed by atoms with Crippen molar-refractivity contribution >= 4 is 56.4 Å². The van der Waals surface area contributed by atoms with Gasteiger partial charge in [0.05, 0.1) is 40.6 Å². The van der Waals surface area contributed by atoms with Crippen molar-refractivity contribution in [2.75, 3.05) is 12.4 Å². The fourth-order valence-electron chi connectivity index (χ4n) is 4.01. The van der Waals surface area contributed by atoms with E-state index in [0.29, 0.717) is 38.7 Å². The average Bonchev–Trinajstić information content (AvgIpc) is 3.57. The molecule has 3 aromatic heterocycles. The Kier molecular flexibility index (Phi) is 8.17. The number of halogens is 1. The van der Waals surface area contributed by atoms with Gasteiger partial charge in [-0.2, -0.15) is 0 Å². The maximum Gasteiger partial charge on any atom is 0.237 e. The second-order valence-corrected chi connectivity index (χ2v) is 10.2. The fourth-order valence-corrected chi connectivity index (χ4v) is 5.27. The molecule has 0 saturated carbocycles. The number of fused-ring (bicyclic) bond motifs is 1. The minimum absolute atomic E-state index is 0.00476. The molecule has 0 unspecified atom stereocenters. The van der Waals surface area contributed by atoms with Crippen LogP contribution in [0.1, 0.15) is 5.56 Å². The van der Waals surface area contributed by atoms with E-state index in [9.17, 15) is 9.59 Å². The van der Waals surface area contributed by atoms with Gasteiger partial charge in [0.25, 0.3) is 0 Å². The highest BCUT2D eigenvalue weighted by molar-refractivity contribution is 7.80. The van der Waals surface area contributed by atoms with Crippen LogP contribution in [-0.4, -0.2) is 38.6 Å². The monoisotopic (exact) mass is 590 g/mol. The van der Waals surface area contributed by atoms with Gasteiger partial charge in [0.2, 0.25) is 11.8 Å². The van der Waals surface area contributed by atoms with Crippen molar-refractivity contribution in [2.45, 2.75) is 13.0 Å². The normalized spacial score (nSPS) is 10.8. The third-order valence-electron chi connectivity index (χ3n) is 5.81. The number of rotatable bonds is 9. The third kappa shape index (κ3) is 6.65.